The molecule has 3 heterocycles. The van der Waals surface area contributed by atoms with E-state index in [1.54, 1.807) is 49.6 Å². The van der Waals surface area contributed by atoms with E-state index in [1.807, 2.05) is 25.1 Å². The van der Waals surface area contributed by atoms with Crippen LogP contribution in [0.1, 0.15) is 63.8 Å². The summed E-state index contributed by atoms with van der Waals surface area (Å²) in [5, 5.41) is 36.0. The number of rotatable bonds is 26. The van der Waals surface area contributed by atoms with Crippen molar-refractivity contribution < 1.29 is 53.4 Å². The number of aromatic amines is 3. The fraction of sp³-hybridized carbons (Fsp3) is 0.404. The number of aromatic nitrogens is 4. The molecule has 15 N–H and O–H groups in total. The van der Waals surface area contributed by atoms with Gasteiger partial charge in [0.2, 0.25) is 41.4 Å². The van der Waals surface area contributed by atoms with Crippen LogP contribution in [0.4, 0.5) is 0 Å². The standard InChI is InChI=1S/C47H60N12O11/c1-5-24(4)40(59-41(63)30(48)16-27-21-50-22-53-27)46(68)57-34(15-26-20-52-32-13-9-7-11-29(26)32)43(65)54-33(14-25-19-51-31-12-8-6-10-28(25)31)42(64)56-36(18-38(61)62)44(66)55-35(17-37(49)60)45(67)58-39(23(2)3)47(69)70/h6-13,19-24,30,33-36,39-40,51-52H,5,14-18,48H2,1-4H3,(H2,49,60)(H,50,53)(H,54,65)(H,55,66)(H,56,64)(H,57,68)(H,58,67)(H,59,63)(H,61,62)(H,69,70)/t24-,30-,33-,34-,35-,36-,39-,40-/m0/s1. The lowest BCUT2D eigenvalue weighted by Crippen LogP contribution is -2.61. The van der Waals surface area contributed by atoms with Gasteiger partial charge in [-0.05, 0) is 35.1 Å². The van der Waals surface area contributed by atoms with Crippen molar-refractivity contribution in [1.82, 2.24) is 51.8 Å². The first-order chi connectivity index (χ1) is 33.3. The molecule has 7 amide bonds. The fourth-order valence-corrected chi connectivity index (χ4v) is 7.79. The number of aliphatic carboxylic acids is 2. The highest BCUT2D eigenvalue weighted by molar-refractivity contribution is 5.99. The van der Waals surface area contributed by atoms with Gasteiger partial charge in [-0.3, -0.25) is 38.4 Å². The maximum atomic E-state index is 14.8. The number of nitrogens with two attached hydrogens (primary N) is 2. The summed E-state index contributed by atoms with van der Waals surface area (Å²) in [6.07, 6.45) is 4.52. The van der Waals surface area contributed by atoms with Gasteiger partial charge < -0.3 is 68.5 Å². The minimum absolute atomic E-state index is 0.0932. The molecule has 0 bridgehead atoms. The summed E-state index contributed by atoms with van der Waals surface area (Å²) in [6, 6.07) is 3.91. The van der Waals surface area contributed by atoms with Crippen LogP contribution in [0.2, 0.25) is 0 Å². The predicted molar refractivity (Wildman–Crippen MR) is 254 cm³/mol. The molecule has 374 valence electrons. The number of amides is 7. The maximum Gasteiger partial charge on any atom is 0.326 e. The van der Waals surface area contributed by atoms with Crippen molar-refractivity contribution in [1.29, 1.82) is 0 Å². The van der Waals surface area contributed by atoms with Crippen LogP contribution in [-0.4, -0.2) is 126 Å². The van der Waals surface area contributed by atoms with Gasteiger partial charge in [-0.1, -0.05) is 70.5 Å². The molecule has 70 heavy (non-hydrogen) atoms. The van der Waals surface area contributed by atoms with Crippen molar-refractivity contribution in [2.24, 2.45) is 23.3 Å². The third kappa shape index (κ3) is 14.2. The predicted octanol–water partition coefficient (Wildman–Crippen LogP) is -0.227. The molecular weight excluding hydrogens is 909 g/mol. The summed E-state index contributed by atoms with van der Waals surface area (Å²) in [5.41, 5.74) is 14.7. The van der Waals surface area contributed by atoms with Crippen LogP contribution < -0.4 is 43.4 Å². The van der Waals surface area contributed by atoms with Crippen LogP contribution in [0.5, 0.6) is 0 Å². The lowest BCUT2D eigenvalue weighted by Gasteiger charge is -2.29. The Bertz CT molecular complexity index is 2680. The number of nitrogens with zero attached hydrogens (tertiary/aromatic N) is 1. The molecule has 23 nitrogen and oxygen atoms in total. The Balaban J connectivity index is 1.47. The molecule has 0 saturated heterocycles. The fourth-order valence-electron chi connectivity index (χ4n) is 7.79. The van der Waals surface area contributed by atoms with E-state index < -0.39 is 120 Å². The van der Waals surface area contributed by atoms with Gasteiger partial charge >= 0.3 is 11.9 Å². The highest BCUT2D eigenvalue weighted by Crippen LogP contribution is 2.22. The summed E-state index contributed by atoms with van der Waals surface area (Å²) in [4.78, 5) is 133. The number of fused-ring (bicyclic) bond motifs is 2. The summed E-state index contributed by atoms with van der Waals surface area (Å²) >= 11 is 0. The van der Waals surface area contributed by atoms with Gasteiger partial charge in [0, 0.05) is 65.4 Å². The summed E-state index contributed by atoms with van der Waals surface area (Å²) in [6.45, 7) is 6.58. The van der Waals surface area contributed by atoms with Crippen molar-refractivity contribution in [3.8, 4) is 0 Å². The topological polar surface area (TPSA) is 379 Å². The number of para-hydroxylation sites is 2. The lowest BCUT2D eigenvalue weighted by molar-refractivity contribution is -0.144. The first kappa shape index (κ1) is 52.9. The summed E-state index contributed by atoms with van der Waals surface area (Å²) in [7, 11) is 0. The number of benzene rings is 2. The van der Waals surface area contributed by atoms with Gasteiger partial charge in [0.1, 0.15) is 36.3 Å². The minimum Gasteiger partial charge on any atom is -0.481 e. The van der Waals surface area contributed by atoms with Crippen LogP contribution in [0.25, 0.3) is 21.8 Å². The SMILES string of the molecule is CC[C@H](C)[C@H](NC(=O)[C@@H](N)Cc1cnc[nH]1)C(=O)N[C@@H](Cc1c[nH]c2ccccc12)C(=O)N[C@@H](Cc1c[nH]c2ccccc12)C(=O)N[C@@H](CC(=O)O)C(=O)N[C@@H](CC(N)=O)C(=O)N[C@H](C(=O)O)C(C)C. The Kier molecular flexibility index (Phi) is 18.3. The number of carbonyl (C=O) groups is 9. The second-order valence-corrected chi connectivity index (χ2v) is 17.5. The van der Waals surface area contributed by atoms with E-state index in [0.717, 1.165) is 10.9 Å². The van der Waals surface area contributed by atoms with Crippen molar-refractivity contribution >= 4 is 75.1 Å². The zero-order chi connectivity index (χ0) is 51.2. The largest absolute Gasteiger partial charge is 0.481 e. The number of primary amides is 1. The zero-order valence-corrected chi connectivity index (χ0v) is 39.0. The Morgan fingerprint density at radius 3 is 1.54 bits per heavy atom. The van der Waals surface area contributed by atoms with E-state index in [2.05, 4.69) is 51.8 Å². The number of hydrogen-bond donors (Lipinski definition) is 13. The molecular formula is C47H60N12O11. The molecule has 0 unspecified atom stereocenters. The van der Waals surface area contributed by atoms with Gasteiger partial charge in [-0.2, -0.15) is 0 Å². The van der Waals surface area contributed by atoms with Gasteiger partial charge in [-0.25, -0.2) is 9.78 Å². The maximum absolute atomic E-state index is 14.8. The first-order valence-electron chi connectivity index (χ1n) is 22.6. The Hall–Kier alpha value is -8.08. The Morgan fingerprint density at radius 1 is 0.600 bits per heavy atom. The van der Waals surface area contributed by atoms with Crippen molar-refractivity contribution in [2.75, 3.05) is 0 Å². The van der Waals surface area contributed by atoms with Crippen LogP contribution in [0.3, 0.4) is 0 Å². The average Bonchev–Trinajstić information content (AvgIpc) is 4.09. The third-order valence-corrected chi connectivity index (χ3v) is 11.9. The van der Waals surface area contributed by atoms with E-state index >= 15 is 0 Å². The molecule has 0 aliphatic carbocycles. The molecule has 0 aliphatic rings. The number of H-pyrrole nitrogens is 3. The van der Waals surface area contributed by atoms with Crippen LogP contribution in [-0.2, 0) is 62.4 Å². The van der Waals surface area contributed by atoms with Gasteiger partial charge in [0.15, 0.2) is 0 Å². The number of carbonyl (C=O) groups excluding carboxylic acids is 7. The summed E-state index contributed by atoms with van der Waals surface area (Å²) < 4.78 is 0. The summed E-state index contributed by atoms with van der Waals surface area (Å²) in [5.74, 6) is -10.8. The second-order valence-electron chi connectivity index (χ2n) is 17.5. The molecule has 0 saturated carbocycles. The Morgan fingerprint density at radius 2 is 1.07 bits per heavy atom. The van der Waals surface area contributed by atoms with E-state index in [9.17, 15) is 53.4 Å². The smallest absolute Gasteiger partial charge is 0.326 e. The zero-order valence-electron chi connectivity index (χ0n) is 39.0. The van der Waals surface area contributed by atoms with Gasteiger partial charge in [-0.15, -0.1) is 0 Å². The quantitative estimate of drug-likeness (QED) is 0.0341. The molecule has 0 aliphatic heterocycles. The highest BCUT2D eigenvalue weighted by atomic mass is 16.4. The average molecular weight is 969 g/mol. The molecule has 2 aromatic carbocycles. The monoisotopic (exact) mass is 968 g/mol. The molecule has 5 aromatic rings. The van der Waals surface area contributed by atoms with Crippen molar-refractivity contribution in [3.05, 3.63) is 90.3 Å². The number of nitrogens with one attached hydrogen (secondary N) is 9. The van der Waals surface area contributed by atoms with E-state index in [1.165, 1.54) is 26.4 Å². The van der Waals surface area contributed by atoms with E-state index in [0.29, 0.717) is 34.1 Å². The molecule has 0 spiro atoms. The van der Waals surface area contributed by atoms with E-state index in [4.69, 9.17) is 11.5 Å². The molecule has 3 aromatic heterocycles. The number of carboxylic acids is 2. The minimum atomic E-state index is -1.93. The lowest BCUT2D eigenvalue weighted by atomic mass is 9.96. The molecule has 8 atom stereocenters. The highest BCUT2D eigenvalue weighted by Gasteiger charge is 2.36. The van der Waals surface area contributed by atoms with Gasteiger partial charge in [0.05, 0.1) is 25.2 Å². The molecule has 23 heteroatoms. The van der Waals surface area contributed by atoms with Crippen LogP contribution >= 0.6 is 0 Å². The van der Waals surface area contributed by atoms with Crippen molar-refractivity contribution in [3.63, 3.8) is 0 Å². The third-order valence-electron chi connectivity index (χ3n) is 11.9. The van der Waals surface area contributed by atoms with Crippen LogP contribution in [0.15, 0.2) is 73.4 Å². The van der Waals surface area contributed by atoms with Crippen molar-refractivity contribution in [2.45, 2.75) is 109 Å². The molecule has 0 fully saturated rings. The van der Waals surface area contributed by atoms with Gasteiger partial charge in [0.25, 0.3) is 0 Å². The van der Waals surface area contributed by atoms with Crippen LogP contribution in [0, 0.1) is 11.8 Å². The number of imidazole rings is 1. The first-order valence-corrected chi connectivity index (χ1v) is 22.6. The normalized spacial score (nSPS) is 14.8. The molecule has 5 rings (SSSR count). The van der Waals surface area contributed by atoms with E-state index in [-0.39, 0.29) is 19.3 Å². The Labute approximate surface area is 401 Å². The number of hydrogen-bond acceptors (Lipinski definition) is 11. The molecule has 0 radical (unpaired) electrons. The second kappa shape index (κ2) is 24.3. The number of carboxylic acid groups (broad SMARTS) is 2.